The van der Waals surface area contributed by atoms with Gasteiger partial charge in [0.15, 0.2) is 0 Å². The van der Waals surface area contributed by atoms with Crippen molar-refractivity contribution in [3.63, 3.8) is 0 Å². The smallest absolute Gasteiger partial charge is 0.226 e. The first-order chi connectivity index (χ1) is 8.95. The van der Waals surface area contributed by atoms with Crippen LogP contribution < -0.4 is 5.73 Å². The van der Waals surface area contributed by atoms with Gasteiger partial charge in [0.25, 0.3) is 0 Å². The van der Waals surface area contributed by atoms with Crippen molar-refractivity contribution in [2.75, 3.05) is 53.4 Å². The number of carbonyl (C=O) groups is 2. The highest BCUT2D eigenvalue weighted by Gasteiger charge is 2.24. The van der Waals surface area contributed by atoms with Crippen LogP contribution in [-0.2, 0) is 9.59 Å². The minimum absolute atomic E-state index is 0.0955. The van der Waals surface area contributed by atoms with E-state index in [2.05, 4.69) is 4.90 Å². The predicted molar refractivity (Wildman–Crippen MR) is 74.5 cm³/mol. The monoisotopic (exact) mass is 270 g/mol. The van der Waals surface area contributed by atoms with Gasteiger partial charge in [-0.05, 0) is 0 Å². The fourth-order valence-corrected chi connectivity index (χ4v) is 2.08. The Bertz CT molecular complexity index is 312. The average Bonchev–Trinajstić information content (AvgIpc) is 2.43. The van der Waals surface area contributed by atoms with E-state index in [-0.39, 0.29) is 17.7 Å². The zero-order chi connectivity index (χ0) is 14.4. The van der Waals surface area contributed by atoms with Crippen molar-refractivity contribution in [1.29, 1.82) is 0 Å². The molecule has 1 fully saturated rings. The lowest BCUT2D eigenvalue weighted by Gasteiger charge is -2.35. The second-order valence-electron chi connectivity index (χ2n) is 5.34. The Morgan fingerprint density at radius 1 is 1.21 bits per heavy atom. The lowest BCUT2D eigenvalue weighted by atomic mass is 10.1. The Labute approximate surface area is 115 Å². The molecule has 1 saturated heterocycles. The highest BCUT2D eigenvalue weighted by atomic mass is 16.2. The third-order valence-electron chi connectivity index (χ3n) is 3.60. The summed E-state index contributed by atoms with van der Waals surface area (Å²) in [6.07, 6.45) is 0.542. The molecule has 0 bridgehead atoms. The van der Waals surface area contributed by atoms with Gasteiger partial charge in [0.2, 0.25) is 11.8 Å². The molecule has 1 aliphatic heterocycles. The van der Waals surface area contributed by atoms with Gasteiger partial charge in [-0.25, -0.2) is 0 Å². The van der Waals surface area contributed by atoms with E-state index in [4.69, 9.17) is 5.73 Å². The molecule has 1 heterocycles. The molecule has 2 amide bonds. The molecule has 1 unspecified atom stereocenters. The maximum atomic E-state index is 12.0. The molecule has 0 aromatic rings. The van der Waals surface area contributed by atoms with Crippen LogP contribution in [0.4, 0.5) is 0 Å². The van der Waals surface area contributed by atoms with Gasteiger partial charge in [0.1, 0.15) is 0 Å². The first kappa shape index (κ1) is 15.9. The van der Waals surface area contributed by atoms with Crippen molar-refractivity contribution in [2.24, 2.45) is 11.7 Å². The Morgan fingerprint density at radius 3 is 2.26 bits per heavy atom. The highest BCUT2D eigenvalue weighted by molar-refractivity contribution is 5.78. The fraction of sp³-hybridized carbons (Fsp3) is 0.846. The quantitative estimate of drug-likeness (QED) is 0.710. The van der Waals surface area contributed by atoms with E-state index in [0.717, 1.165) is 32.7 Å². The normalized spacial score (nSPS) is 18.2. The van der Waals surface area contributed by atoms with E-state index < -0.39 is 0 Å². The summed E-state index contributed by atoms with van der Waals surface area (Å²) in [5.41, 5.74) is 5.52. The Kier molecular flexibility index (Phi) is 6.24. The van der Waals surface area contributed by atoms with Gasteiger partial charge in [0.05, 0.1) is 0 Å². The van der Waals surface area contributed by atoms with Crippen molar-refractivity contribution in [3.05, 3.63) is 0 Å². The molecule has 0 spiro atoms. The van der Waals surface area contributed by atoms with Gasteiger partial charge in [-0.15, -0.1) is 0 Å². The summed E-state index contributed by atoms with van der Waals surface area (Å²) in [5.74, 6) is 0.198. The summed E-state index contributed by atoms with van der Waals surface area (Å²) in [4.78, 5) is 29.2. The Morgan fingerprint density at radius 2 is 1.79 bits per heavy atom. The number of hydrogen-bond donors (Lipinski definition) is 1. The lowest BCUT2D eigenvalue weighted by molar-refractivity contribution is -0.137. The van der Waals surface area contributed by atoms with Gasteiger partial charge in [0, 0.05) is 65.7 Å². The van der Waals surface area contributed by atoms with Gasteiger partial charge >= 0.3 is 0 Å². The highest BCUT2D eigenvalue weighted by Crippen LogP contribution is 2.07. The molecule has 0 aromatic heterocycles. The molecule has 0 radical (unpaired) electrons. The molecule has 1 rings (SSSR count). The van der Waals surface area contributed by atoms with E-state index in [9.17, 15) is 9.59 Å². The van der Waals surface area contributed by atoms with Crippen molar-refractivity contribution in [2.45, 2.75) is 13.3 Å². The maximum Gasteiger partial charge on any atom is 0.226 e. The van der Waals surface area contributed by atoms with E-state index in [1.807, 2.05) is 11.8 Å². The largest absolute Gasteiger partial charge is 0.349 e. The molecular weight excluding hydrogens is 244 g/mol. The summed E-state index contributed by atoms with van der Waals surface area (Å²) >= 11 is 0. The van der Waals surface area contributed by atoms with E-state index in [1.54, 1.807) is 19.0 Å². The number of nitrogens with two attached hydrogens (primary N) is 1. The van der Waals surface area contributed by atoms with Crippen molar-refractivity contribution in [1.82, 2.24) is 14.7 Å². The van der Waals surface area contributed by atoms with Gasteiger partial charge in [-0.2, -0.15) is 0 Å². The van der Waals surface area contributed by atoms with Gasteiger partial charge in [-0.1, -0.05) is 6.92 Å². The minimum Gasteiger partial charge on any atom is -0.349 e. The Balaban J connectivity index is 2.29. The molecule has 1 aliphatic rings. The summed E-state index contributed by atoms with van der Waals surface area (Å²) in [6.45, 7) is 6.18. The average molecular weight is 270 g/mol. The number of amides is 2. The fourth-order valence-electron chi connectivity index (χ4n) is 2.08. The van der Waals surface area contributed by atoms with Crippen LogP contribution in [-0.4, -0.2) is 79.9 Å². The molecule has 6 nitrogen and oxygen atoms in total. The van der Waals surface area contributed by atoms with Crippen LogP contribution in [0.5, 0.6) is 0 Å². The van der Waals surface area contributed by atoms with Crippen LogP contribution in [0, 0.1) is 5.92 Å². The SMILES string of the molecule is CC(CN)C(=O)N1CCN(CCC(=O)N(C)C)CC1. The number of carbonyl (C=O) groups excluding carboxylic acids is 2. The van der Waals surface area contributed by atoms with Crippen LogP contribution in [0.25, 0.3) is 0 Å². The van der Waals surface area contributed by atoms with E-state index >= 15 is 0 Å². The predicted octanol–water partition coefficient (Wildman–Crippen LogP) is -0.796. The van der Waals surface area contributed by atoms with Gasteiger partial charge < -0.3 is 15.5 Å². The topological polar surface area (TPSA) is 69.9 Å². The minimum atomic E-state index is -0.0955. The van der Waals surface area contributed by atoms with Crippen molar-refractivity contribution in [3.8, 4) is 0 Å². The molecular formula is C13H26N4O2. The molecule has 2 N–H and O–H groups in total. The van der Waals surface area contributed by atoms with E-state index in [1.165, 1.54) is 0 Å². The standard InChI is InChI=1S/C13H26N4O2/c1-11(10-14)13(19)17-8-6-16(7-9-17)5-4-12(18)15(2)3/h11H,4-10,14H2,1-3H3. The van der Waals surface area contributed by atoms with Crippen molar-refractivity contribution < 1.29 is 9.59 Å². The second-order valence-corrected chi connectivity index (χ2v) is 5.34. The summed E-state index contributed by atoms with van der Waals surface area (Å²) in [6, 6.07) is 0. The zero-order valence-corrected chi connectivity index (χ0v) is 12.3. The van der Waals surface area contributed by atoms with Crippen LogP contribution >= 0.6 is 0 Å². The third-order valence-corrected chi connectivity index (χ3v) is 3.60. The third kappa shape index (κ3) is 4.80. The number of rotatable bonds is 5. The van der Waals surface area contributed by atoms with Crippen LogP contribution in [0.3, 0.4) is 0 Å². The molecule has 0 aliphatic carbocycles. The van der Waals surface area contributed by atoms with Crippen LogP contribution in [0.15, 0.2) is 0 Å². The van der Waals surface area contributed by atoms with Crippen LogP contribution in [0.1, 0.15) is 13.3 Å². The first-order valence-electron chi connectivity index (χ1n) is 6.87. The molecule has 110 valence electrons. The molecule has 1 atom stereocenters. The van der Waals surface area contributed by atoms with Crippen molar-refractivity contribution >= 4 is 11.8 Å². The molecule has 6 heteroatoms. The number of hydrogen-bond acceptors (Lipinski definition) is 4. The molecule has 0 saturated carbocycles. The number of piperazine rings is 1. The maximum absolute atomic E-state index is 12.0. The van der Waals surface area contributed by atoms with E-state index in [0.29, 0.717) is 13.0 Å². The van der Waals surface area contributed by atoms with Crippen LogP contribution in [0.2, 0.25) is 0 Å². The van der Waals surface area contributed by atoms with Gasteiger partial charge in [-0.3, -0.25) is 14.5 Å². The molecule has 0 aromatic carbocycles. The summed E-state index contributed by atoms with van der Waals surface area (Å²) in [7, 11) is 3.54. The lowest BCUT2D eigenvalue weighted by Crippen LogP contribution is -2.51. The zero-order valence-electron chi connectivity index (χ0n) is 12.3. The second kappa shape index (κ2) is 7.45. The summed E-state index contributed by atoms with van der Waals surface area (Å²) in [5, 5.41) is 0. The summed E-state index contributed by atoms with van der Waals surface area (Å²) < 4.78 is 0. The molecule has 19 heavy (non-hydrogen) atoms. The Hall–Kier alpha value is -1.14. The number of nitrogens with zero attached hydrogens (tertiary/aromatic N) is 3. The first-order valence-corrected chi connectivity index (χ1v) is 6.87.